The molecule has 3 rings (SSSR count). The molecule has 2 aromatic carbocycles. The van der Waals surface area contributed by atoms with Gasteiger partial charge in [-0.05, 0) is 36.8 Å². The van der Waals surface area contributed by atoms with Gasteiger partial charge in [0.1, 0.15) is 25.0 Å². The van der Waals surface area contributed by atoms with Crippen LogP contribution in [0.15, 0.2) is 42.5 Å². The molecule has 5 heteroatoms. The Balaban J connectivity index is 1.75. The van der Waals surface area contributed by atoms with E-state index in [-0.39, 0.29) is 6.61 Å². The lowest BCUT2D eigenvalue weighted by molar-refractivity contribution is -0.652. The smallest absolute Gasteiger partial charge is 0.254 e. The van der Waals surface area contributed by atoms with Crippen molar-refractivity contribution in [1.82, 2.24) is 4.57 Å². The molecule has 0 aliphatic carbocycles. The van der Waals surface area contributed by atoms with Crippen molar-refractivity contribution in [3.63, 3.8) is 0 Å². The first-order valence-electron chi connectivity index (χ1n) is 7.98. The zero-order chi connectivity index (χ0) is 17.3. The van der Waals surface area contributed by atoms with Crippen LogP contribution in [0.2, 0.25) is 5.02 Å². The minimum atomic E-state index is -0.629. The maximum absolute atomic E-state index is 10.4. The first-order chi connectivity index (χ1) is 11.5. The number of hydrogen-bond donors (Lipinski definition) is 1. The second-order valence-corrected chi connectivity index (χ2v) is 6.51. The van der Waals surface area contributed by atoms with Crippen LogP contribution in [0.4, 0.5) is 0 Å². The summed E-state index contributed by atoms with van der Waals surface area (Å²) < 4.78 is 9.95. The van der Waals surface area contributed by atoms with E-state index in [0.717, 1.165) is 22.4 Å². The monoisotopic (exact) mass is 345 g/mol. The van der Waals surface area contributed by atoms with Crippen molar-refractivity contribution in [2.24, 2.45) is 7.05 Å². The normalized spacial score (nSPS) is 12.5. The summed E-state index contributed by atoms with van der Waals surface area (Å²) in [6, 6.07) is 13.8. The van der Waals surface area contributed by atoms with Crippen molar-refractivity contribution in [1.29, 1.82) is 0 Å². The molecule has 0 aliphatic rings. The zero-order valence-electron chi connectivity index (χ0n) is 14.2. The Morgan fingerprint density at radius 1 is 1.21 bits per heavy atom. The molecule has 0 amide bonds. The van der Waals surface area contributed by atoms with Gasteiger partial charge in [0.05, 0.1) is 12.1 Å². The first-order valence-corrected chi connectivity index (χ1v) is 8.36. The van der Waals surface area contributed by atoms with Gasteiger partial charge >= 0.3 is 0 Å². The molecule has 3 aromatic rings. The second-order valence-electron chi connectivity index (χ2n) is 6.10. The van der Waals surface area contributed by atoms with Crippen LogP contribution in [-0.2, 0) is 13.6 Å². The molecule has 0 fully saturated rings. The van der Waals surface area contributed by atoms with Gasteiger partial charge in [0.2, 0.25) is 0 Å². The van der Waals surface area contributed by atoms with Crippen LogP contribution < -0.4 is 9.30 Å². The molecule has 0 aliphatic heterocycles. The SMILES string of the molecule is Cc1ccc(Cl)c(OC[C@H](O)Cn2c(C)[n+](C)c3ccccc32)c1. The highest BCUT2D eigenvalue weighted by Crippen LogP contribution is 2.25. The van der Waals surface area contributed by atoms with Gasteiger partial charge in [0.15, 0.2) is 11.0 Å². The Labute approximate surface area is 146 Å². The van der Waals surface area contributed by atoms with E-state index in [1.165, 1.54) is 0 Å². The van der Waals surface area contributed by atoms with E-state index in [2.05, 4.69) is 21.3 Å². The molecule has 4 nitrogen and oxygen atoms in total. The number of aryl methyl sites for hydroxylation is 2. The standard InChI is InChI=1S/C19H22ClN2O2/c1-13-8-9-16(20)19(10-13)24-12-15(23)11-22-14(2)21(3)17-6-4-5-7-18(17)22/h4-10,15,23H,11-12H2,1-3H3/q+1/t15-/m1/s1. The zero-order valence-corrected chi connectivity index (χ0v) is 14.9. The van der Waals surface area contributed by atoms with E-state index in [1.807, 2.05) is 51.2 Å². The molecule has 0 unspecified atom stereocenters. The molecular formula is C19H22ClN2O2+. The molecule has 0 spiro atoms. The summed E-state index contributed by atoms with van der Waals surface area (Å²) in [4.78, 5) is 0. The number of nitrogens with zero attached hydrogens (tertiary/aromatic N) is 2. The lowest BCUT2D eigenvalue weighted by Gasteiger charge is -2.13. The van der Waals surface area contributed by atoms with E-state index in [9.17, 15) is 5.11 Å². The Morgan fingerprint density at radius 3 is 2.75 bits per heavy atom. The molecule has 0 saturated heterocycles. The van der Waals surface area contributed by atoms with Gasteiger partial charge in [-0.2, -0.15) is 0 Å². The number of halogens is 1. The van der Waals surface area contributed by atoms with Crippen LogP contribution in [0.1, 0.15) is 11.4 Å². The fraction of sp³-hybridized carbons (Fsp3) is 0.316. The van der Waals surface area contributed by atoms with E-state index in [0.29, 0.717) is 17.3 Å². The van der Waals surface area contributed by atoms with Crippen molar-refractivity contribution < 1.29 is 14.4 Å². The lowest BCUT2D eigenvalue weighted by Crippen LogP contribution is -2.32. The van der Waals surface area contributed by atoms with Crippen LogP contribution >= 0.6 is 11.6 Å². The third-order valence-corrected chi connectivity index (χ3v) is 4.63. The number of para-hydroxylation sites is 2. The highest BCUT2D eigenvalue weighted by atomic mass is 35.5. The fourth-order valence-electron chi connectivity index (χ4n) is 2.91. The van der Waals surface area contributed by atoms with E-state index in [4.69, 9.17) is 16.3 Å². The molecule has 1 atom stereocenters. The predicted octanol–water partition coefficient (Wildman–Crippen LogP) is 3.18. The van der Waals surface area contributed by atoms with Gasteiger partial charge in [0, 0.05) is 6.92 Å². The summed E-state index contributed by atoms with van der Waals surface area (Å²) in [5.41, 5.74) is 3.32. The van der Waals surface area contributed by atoms with Gasteiger partial charge in [-0.15, -0.1) is 0 Å². The van der Waals surface area contributed by atoms with Crippen molar-refractivity contribution in [3.8, 4) is 5.75 Å². The molecule has 24 heavy (non-hydrogen) atoms. The van der Waals surface area contributed by atoms with Crippen LogP contribution in [0.5, 0.6) is 5.75 Å². The molecule has 0 radical (unpaired) electrons. The summed E-state index contributed by atoms with van der Waals surface area (Å²) in [7, 11) is 2.03. The summed E-state index contributed by atoms with van der Waals surface area (Å²) >= 11 is 6.13. The number of fused-ring (bicyclic) bond motifs is 1. The number of aliphatic hydroxyl groups is 1. The molecule has 1 heterocycles. The Hall–Kier alpha value is -2.04. The summed E-state index contributed by atoms with van der Waals surface area (Å²) in [5.74, 6) is 1.69. The van der Waals surface area contributed by atoms with Crippen LogP contribution in [0, 0.1) is 13.8 Å². The summed E-state index contributed by atoms with van der Waals surface area (Å²) in [6.45, 7) is 4.69. The number of rotatable bonds is 5. The van der Waals surface area contributed by atoms with Gasteiger partial charge in [-0.1, -0.05) is 29.8 Å². The Morgan fingerprint density at radius 2 is 1.96 bits per heavy atom. The van der Waals surface area contributed by atoms with Crippen molar-refractivity contribution in [2.75, 3.05) is 6.61 Å². The topological polar surface area (TPSA) is 38.3 Å². The van der Waals surface area contributed by atoms with Crippen molar-refractivity contribution >= 4 is 22.6 Å². The maximum Gasteiger partial charge on any atom is 0.254 e. The highest BCUT2D eigenvalue weighted by Gasteiger charge is 2.21. The number of benzene rings is 2. The molecule has 0 saturated carbocycles. The summed E-state index contributed by atoms with van der Waals surface area (Å²) in [6.07, 6.45) is -0.629. The van der Waals surface area contributed by atoms with E-state index in [1.54, 1.807) is 0 Å². The number of hydrogen-bond acceptors (Lipinski definition) is 2. The minimum absolute atomic E-state index is 0.193. The highest BCUT2D eigenvalue weighted by molar-refractivity contribution is 6.32. The number of imidazole rings is 1. The predicted molar refractivity (Wildman–Crippen MR) is 95.5 cm³/mol. The van der Waals surface area contributed by atoms with Gasteiger partial charge in [0.25, 0.3) is 5.82 Å². The van der Waals surface area contributed by atoms with E-state index < -0.39 is 6.10 Å². The van der Waals surface area contributed by atoms with Crippen LogP contribution in [0.3, 0.4) is 0 Å². The minimum Gasteiger partial charge on any atom is -0.489 e. The third kappa shape index (κ3) is 3.25. The summed E-state index contributed by atoms with van der Waals surface area (Å²) in [5, 5.41) is 11.0. The number of ether oxygens (including phenoxy) is 1. The largest absolute Gasteiger partial charge is 0.489 e. The van der Waals surface area contributed by atoms with Crippen molar-refractivity contribution in [2.45, 2.75) is 26.5 Å². The molecule has 126 valence electrons. The number of aliphatic hydroxyl groups excluding tert-OH is 1. The average Bonchev–Trinajstić information content (AvgIpc) is 2.81. The molecule has 1 aromatic heterocycles. The van der Waals surface area contributed by atoms with Gasteiger partial charge in [-0.25, -0.2) is 9.13 Å². The van der Waals surface area contributed by atoms with Crippen LogP contribution in [-0.4, -0.2) is 22.4 Å². The van der Waals surface area contributed by atoms with Gasteiger partial charge in [-0.3, -0.25) is 0 Å². The lowest BCUT2D eigenvalue weighted by atomic mass is 10.2. The van der Waals surface area contributed by atoms with Crippen LogP contribution in [0.25, 0.3) is 11.0 Å². The number of aromatic nitrogens is 2. The van der Waals surface area contributed by atoms with Crippen molar-refractivity contribution in [3.05, 3.63) is 58.9 Å². The molecule has 0 bridgehead atoms. The first kappa shape index (κ1) is 16.8. The Bertz CT molecular complexity index is 873. The average molecular weight is 346 g/mol. The molecular weight excluding hydrogens is 324 g/mol. The van der Waals surface area contributed by atoms with E-state index >= 15 is 0 Å². The fourth-order valence-corrected chi connectivity index (χ4v) is 3.08. The Kier molecular flexibility index (Phi) is 4.78. The van der Waals surface area contributed by atoms with Gasteiger partial charge < -0.3 is 9.84 Å². The third-order valence-electron chi connectivity index (χ3n) is 4.32. The molecule has 1 N–H and O–H groups in total. The maximum atomic E-state index is 10.4. The second kappa shape index (κ2) is 6.83. The quantitative estimate of drug-likeness (QED) is 0.721.